The molecule has 0 heterocycles. The quantitative estimate of drug-likeness (QED) is 0.575. The smallest absolute Gasteiger partial charge is 0.00503 e. The monoisotopic (exact) mass is 408 g/mol. The van der Waals surface area contributed by atoms with Crippen molar-refractivity contribution in [2.45, 2.75) is 25.7 Å². The minimum absolute atomic E-state index is 1.10. The number of hydrogen-bond donors (Lipinski definition) is 0. The Morgan fingerprint density at radius 1 is 0.250 bits per heavy atom. The molecule has 0 amide bonds. The molecule has 26 unspecified atom stereocenters. The van der Waals surface area contributed by atoms with Crippen LogP contribution in [-0.4, -0.2) is 0 Å². The highest BCUT2D eigenvalue weighted by Crippen LogP contribution is 3.52. The van der Waals surface area contributed by atoms with Crippen LogP contribution in [0.25, 0.3) is 0 Å². The van der Waals surface area contributed by atoms with E-state index in [1.54, 1.807) is 25.7 Å². The maximum Gasteiger partial charge on any atom is -0.00503 e. The zero-order valence-electron chi connectivity index (χ0n) is 18.1. The number of rotatable bonds is 0. The van der Waals surface area contributed by atoms with E-state index in [9.17, 15) is 0 Å². The van der Waals surface area contributed by atoms with Gasteiger partial charge in [0.05, 0.1) is 0 Å². The van der Waals surface area contributed by atoms with Crippen molar-refractivity contribution < 1.29 is 0 Å². The first kappa shape index (κ1) is 11.4. The Hall–Kier alpha value is 0. The summed E-state index contributed by atoms with van der Waals surface area (Å²) in [7, 11) is 0. The van der Waals surface area contributed by atoms with E-state index in [0.717, 1.165) is 65.0 Å². The molecular weight excluding hydrogens is 384 g/mol. The number of hydrogen-bond acceptors (Lipinski definition) is 0. The molecule has 0 heteroatoms. The maximum absolute atomic E-state index is 1.78. The van der Waals surface area contributed by atoms with Crippen molar-refractivity contribution in [3.63, 3.8) is 0 Å². The van der Waals surface area contributed by atoms with Crippen molar-refractivity contribution >= 4 is 0 Å². The van der Waals surface area contributed by atoms with Crippen molar-refractivity contribution in [3.8, 4) is 0 Å². The van der Waals surface area contributed by atoms with Crippen LogP contribution in [0.4, 0.5) is 0 Å². The van der Waals surface area contributed by atoms with Crippen LogP contribution >= 0.6 is 0 Å². The zero-order valence-corrected chi connectivity index (χ0v) is 18.1. The van der Waals surface area contributed by atoms with Gasteiger partial charge in [-0.3, -0.25) is 0 Å². The minimum Gasteiger partial charge on any atom is -0.0458 e. The topological polar surface area (TPSA) is 0 Å². The van der Waals surface area contributed by atoms with Gasteiger partial charge in [-0.25, -0.2) is 0 Å². The molecule has 21 aliphatic carbocycles. The third kappa shape index (κ3) is 0.273. The van der Waals surface area contributed by atoms with Crippen molar-refractivity contribution in [2.24, 2.45) is 160 Å². The van der Waals surface area contributed by atoms with Gasteiger partial charge in [-0.2, -0.15) is 0 Å². The van der Waals surface area contributed by atoms with Gasteiger partial charge >= 0.3 is 0 Å². The predicted molar refractivity (Wildman–Crippen MR) is 104 cm³/mol. The third-order valence-corrected chi connectivity index (χ3v) is 25.9. The first-order chi connectivity index (χ1) is 15.9. The van der Waals surface area contributed by atoms with Crippen LogP contribution in [0.15, 0.2) is 0 Å². The summed E-state index contributed by atoms with van der Waals surface area (Å²) in [6.45, 7) is 0. The maximum atomic E-state index is 1.78. The molecule has 0 aromatic carbocycles. The Bertz CT molecular complexity index is 1460. The van der Waals surface area contributed by atoms with E-state index in [2.05, 4.69) is 0 Å². The SMILES string of the molecule is C1C2C3C[C@@H]4C5C6C7C8[C@@H]9CC%10C%11CC%12C%13C%14C%15C%16C1C21C34C52C%161C%151C%143C%134C%11%12C%109C84C73C621. The van der Waals surface area contributed by atoms with Crippen molar-refractivity contribution in [2.75, 3.05) is 0 Å². The normalized spacial score (nSPS) is 129. The van der Waals surface area contributed by atoms with Gasteiger partial charge in [-0.05, 0) is 185 Å². The molecule has 152 valence electrons. The van der Waals surface area contributed by atoms with Crippen LogP contribution in [0.1, 0.15) is 25.7 Å². The highest BCUT2D eigenvalue weighted by atomic mass is 15.5. The molecule has 28 atom stereocenters. The first-order valence-electron chi connectivity index (χ1n) is 15.9. The van der Waals surface area contributed by atoms with Crippen LogP contribution in [0.2, 0.25) is 0 Å². The lowest BCUT2D eigenvalue weighted by Crippen LogP contribution is -3.49. The van der Waals surface area contributed by atoms with Gasteiger partial charge in [0.15, 0.2) is 0 Å². The lowest BCUT2D eigenvalue weighted by molar-refractivity contribution is -1.06. The van der Waals surface area contributed by atoms with Gasteiger partial charge in [0, 0.05) is 0 Å². The van der Waals surface area contributed by atoms with Gasteiger partial charge in [0.1, 0.15) is 0 Å². The van der Waals surface area contributed by atoms with E-state index in [1.165, 1.54) is 94.7 Å². The summed E-state index contributed by atoms with van der Waals surface area (Å²) in [5.74, 6) is 21.8. The van der Waals surface area contributed by atoms with Crippen molar-refractivity contribution in [1.29, 1.82) is 0 Å². The molecule has 0 aromatic rings. The van der Waals surface area contributed by atoms with E-state index in [1.807, 2.05) is 0 Å². The minimum atomic E-state index is 1.10. The Balaban J connectivity index is 1.04. The second kappa shape index (κ2) is 1.81. The summed E-state index contributed by atoms with van der Waals surface area (Å²) in [6.07, 6.45) is 7.14. The molecule has 32 heavy (non-hydrogen) atoms. The molecule has 0 bridgehead atoms. The molecule has 21 fully saturated rings. The Morgan fingerprint density at radius 3 is 0.750 bits per heavy atom. The fourth-order valence-corrected chi connectivity index (χ4v) is 31.6. The van der Waals surface area contributed by atoms with E-state index in [4.69, 9.17) is 0 Å². The van der Waals surface area contributed by atoms with Crippen LogP contribution in [0, 0.1) is 160 Å². The number of fused-ring (bicyclic) bond motifs is 12. The standard InChI is InChI=1S/C32H24/c1-5-6-2-10-14-19-20-16-12-4-8-7-3-11-15-18-17-13-9(1)21(5)22(6,10)26(14)25(13,21)29(17)30(18)27(15)23(7,11)24(8,12)28(16,27)32(20,30)31(19,26)29/h5-20H,1-4H2/t5?,6?,7?,8?,9-,10?,11+,12?,13?,14?,15?,16?,17?,18?,19?,20?,21?,22?,23?,24?,25?,26?,27?,28?,29?,30?,31?,32?. The summed E-state index contributed by atoms with van der Waals surface area (Å²) in [5, 5.41) is 0. The summed E-state index contributed by atoms with van der Waals surface area (Å²) in [5.41, 5.74) is 13.4. The molecule has 0 nitrogen and oxygen atoms in total. The molecule has 21 saturated carbocycles. The molecule has 12 spiro atoms. The van der Waals surface area contributed by atoms with Gasteiger partial charge in [-0.15, -0.1) is 0 Å². The van der Waals surface area contributed by atoms with Crippen LogP contribution < -0.4 is 0 Å². The molecule has 21 rings (SSSR count). The zero-order chi connectivity index (χ0) is 18.1. The van der Waals surface area contributed by atoms with Gasteiger partial charge in [0.2, 0.25) is 0 Å². The Morgan fingerprint density at radius 2 is 0.500 bits per heavy atom. The molecule has 0 aromatic heterocycles. The fourth-order valence-electron chi connectivity index (χ4n) is 31.6. The average Bonchev–Trinajstić information content (AvgIpc) is 2.65. The van der Waals surface area contributed by atoms with E-state index < -0.39 is 0 Å². The summed E-state index contributed by atoms with van der Waals surface area (Å²) >= 11 is 0. The Kier molecular flexibility index (Phi) is 0.645. The fraction of sp³-hybridized carbons (Fsp3) is 1.00. The van der Waals surface area contributed by atoms with Crippen LogP contribution in [0.3, 0.4) is 0 Å². The Labute approximate surface area is 185 Å². The first-order valence-corrected chi connectivity index (χ1v) is 15.9. The van der Waals surface area contributed by atoms with E-state index in [-0.39, 0.29) is 0 Å². The lowest BCUT2D eigenvalue weighted by Gasteiger charge is -3.51. The van der Waals surface area contributed by atoms with Crippen molar-refractivity contribution in [3.05, 3.63) is 0 Å². The van der Waals surface area contributed by atoms with E-state index >= 15 is 0 Å². The molecule has 0 radical (unpaired) electrons. The van der Waals surface area contributed by atoms with Crippen LogP contribution in [0.5, 0.6) is 0 Å². The van der Waals surface area contributed by atoms with Gasteiger partial charge < -0.3 is 0 Å². The van der Waals surface area contributed by atoms with Gasteiger partial charge in [-0.1, -0.05) is 0 Å². The summed E-state index contributed by atoms with van der Waals surface area (Å²) in [4.78, 5) is 0. The highest BCUT2D eigenvalue weighted by Gasteiger charge is 3.51. The largest absolute Gasteiger partial charge is 0.0458 e. The molecular formula is C32H24. The average molecular weight is 409 g/mol. The predicted octanol–water partition coefficient (Wildman–Crippen LogP) is 3.53. The summed E-state index contributed by atoms with van der Waals surface area (Å²) < 4.78 is 0. The molecule has 0 saturated heterocycles. The summed E-state index contributed by atoms with van der Waals surface area (Å²) in [6, 6.07) is 0. The van der Waals surface area contributed by atoms with Crippen molar-refractivity contribution in [1.82, 2.24) is 0 Å². The third-order valence-electron chi connectivity index (χ3n) is 25.9. The second-order valence-electron chi connectivity index (χ2n) is 19.9. The second-order valence-corrected chi connectivity index (χ2v) is 19.9. The lowest BCUT2D eigenvalue weighted by atomic mass is 8.52. The molecule has 0 N–H and O–H groups in total. The highest BCUT2D eigenvalue weighted by molar-refractivity contribution is 5.95. The molecule has 0 aliphatic heterocycles. The van der Waals surface area contributed by atoms with E-state index in [0.29, 0.717) is 0 Å². The van der Waals surface area contributed by atoms with Gasteiger partial charge in [0.25, 0.3) is 0 Å². The van der Waals surface area contributed by atoms with Crippen LogP contribution in [-0.2, 0) is 0 Å². The molecule has 21 aliphatic rings.